The van der Waals surface area contributed by atoms with Gasteiger partial charge in [-0.25, -0.2) is 0 Å². The quantitative estimate of drug-likeness (QED) is 0.594. The fourth-order valence-electron chi connectivity index (χ4n) is 1.14. The molecule has 3 amide bonds. The van der Waals surface area contributed by atoms with Crippen LogP contribution in [0.15, 0.2) is 24.3 Å². The molecule has 1 aromatic carbocycles. The molecule has 0 unspecified atom stereocenters. The standard InChI is InChI=1S/C8H8N2O2.C3H5NO/c9-7(11)5-3-1-2-4-6(5)8(10)12;5-3-1-2-4-3/h1-4H,(H2,9,11)(H2,10,12);1-2H2,(H,4,5). The molecule has 2 rings (SSSR count). The lowest BCUT2D eigenvalue weighted by molar-refractivity contribution is -0.125. The van der Waals surface area contributed by atoms with Crippen molar-refractivity contribution in [2.45, 2.75) is 6.42 Å². The molecule has 1 aromatic rings. The van der Waals surface area contributed by atoms with Gasteiger partial charge in [-0.05, 0) is 12.1 Å². The van der Waals surface area contributed by atoms with E-state index in [2.05, 4.69) is 5.32 Å². The summed E-state index contributed by atoms with van der Waals surface area (Å²) >= 11 is 0. The number of primary amides is 2. The van der Waals surface area contributed by atoms with Crippen molar-refractivity contribution in [3.8, 4) is 0 Å². The highest BCUT2D eigenvalue weighted by Gasteiger charge is 2.10. The fourth-order valence-corrected chi connectivity index (χ4v) is 1.14. The zero-order valence-corrected chi connectivity index (χ0v) is 9.10. The molecule has 90 valence electrons. The molecule has 1 heterocycles. The SMILES string of the molecule is NC(=O)c1ccccc1C(N)=O.O=C1CCN1. The number of hydrogen-bond acceptors (Lipinski definition) is 3. The van der Waals surface area contributed by atoms with Crippen molar-refractivity contribution >= 4 is 17.7 Å². The predicted molar refractivity (Wildman–Crippen MR) is 61.1 cm³/mol. The Hall–Kier alpha value is -2.37. The predicted octanol–water partition coefficient (Wildman–Crippen LogP) is -0.609. The second kappa shape index (κ2) is 5.64. The number of β-lactam (4-membered cyclic amide) rings is 1. The molecule has 1 aliphatic rings. The van der Waals surface area contributed by atoms with Crippen LogP contribution >= 0.6 is 0 Å². The normalized spacial score (nSPS) is 12.6. The van der Waals surface area contributed by atoms with Crippen LogP contribution in [0.25, 0.3) is 0 Å². The van der Waals surface area contributed by atoms with Gasteiger partial charge in [0.15, 0.2) is 0 Å². The first-order valence-electron chi connectivity index (χ1n) is 4.97. The number of rotatable bonds is 2. The maximum atomic E-state index is 10.7. The van der Waals surface area contributed by atoms with Crippen molar-refractivity contribution in [1.29, 1.82) is 0 Å². The minimum atomic E-state index is -0.649. The van der Waals surface area contributed by atoms with E-state index in [4.69, 9.17) is 11.5 Å². The number of nitrogens with one attached hydrogen (secondary N) is 1. The van der Waals surface area contributed by atoms with E-state index in [0.29, 0.717) is 0 Å². The summed E-state index contributed by atoms with van der Waals surface area (Å²) in [6, 6.07) is 6.16. The van der Waals surface area contributed by atoms with Crippen molar-refractivity contribution in [3.05, 3.63) is 35.4 Å². The Morgan fingerprint density at radius 2 is 1.41 bits per heavy atom. The number of nitrogens with two attached hydrogens (primary N) is 2. The van der Waals surface area contributed by atoms with Crippen LogP contribution in [-0.4, -0.2) is 24.3 Å². The molecular weight excluding hydrogens is 222 g/mol. The summed E-state index contributed by atoms with van der Waals surface area (Å²) in [7, 11) is 0. The van der Waals surface area contributed by atoms with Gasteiger partial charge in [0.25, 0.3) is 0 Å². The molecule has 0 radical (unpaired) electrons. The minimum Gasteiger partial charge on any atom is -0.366 e. The summed E-state index contributed by atoms with van der Waals surface area (Å²) < 4.78 is 0. The first kappa shape index (κ1) is 12.7. The molecule has 6 heteroatoms. The number of hydrogen-bond donors (Lipinski definition) is 3. The molecule has 6 nitrogen and oxygen atoms in total. The molecule has 1 saturated heterocycles. The van der Waals surface area contributed by atoms with Crippen LogP contribution < -0.4 is 16.8 Å². The first-order chi connectivity index (χ1) is 8.02. The fraction of sp³-hybridized carbons (Fsp3) is 0.182. The largest absolute Gasteiger partial charge is 0.366 e. The van der Waals surface area contributed by atoms with Crippen molar-refractivity contribution in [1.82, 2.24) is 5.32 Å². The second-order valence-corrected chi connectivity index (χ2v) is 3.37. The zero-order valence-electron chi connectivity index (χ0n) is 9.10. The van der Waals surface area contributed by atoms with E-state index < -0.39 is 11.8 Å². The summed E-state index contributed by atoms with van der Waals surface area (Å²) in [4.78, 5) is 31.3. The highest BCUT2D eigenvalue weighted by atomic mass is 16.2. The molecule has 5 N–H and O–H groups in total. The highest BCUT2D eigenvalue weighted by molar-refractivity contribution is 6.06. The van der Waals surface area contributed by atoms with E-state index in [-0.39, 0.29) is 17.0 Å². The molecule has 0 aromatic heterocycles. The van der Waals surface area contributed by atoms with Gasteiger partial charge in [0.1, 0.15) is 0 Å². The maximum Gasteiger partial charge on any atom is 0.249 e. The van der Waals surface area contributed by atoms with Crippen molar-refractivity contribution < 1.29 is 14.4 Å². The monoisotopic (exact) mass is 235 g/mol. The van der Waals surface area contributed by atoms with Gasteiger partial charge in [-0.15, -0.1) is 0 Å². The van der Waals surface area contributed by atoms with Gasteiger partial charge in [0.05, 0.1) is 11.1 Å². The van der Waals surface area contributed by atoms with Gasteiger partial charge in [0.2, 0.25) is 17.7 Å². The van der Waals surface area contributed by atoms with E-state index >= 15 is 0 Å². The van der Waals surface area contributed by atoms with Crippen LogP contribution in [-0.2, 0) is 4.79 Å². The zero-order chi connectivity index (χ0) is 12.8. The van der Waals surface area contributed by atoms with E-state index in [0.717, 1.165) is 13.0 Å². The number of amides is 3. The van der Waals surface area contributed by atoms with Crippen molar-refractivity contribution in [3.63, 3.8) is 0 Å². The summed E-state index contributed by atoms with van der Waals surface area (Å²) in [5, 5.41) is 2.57. The number of carbonyl (C=O) groups excluding carboxylic acids is 3. The molecule has 1 fully saturated rings. The maximum absolute atomic E-state index is 10.7. The summed E-state index contributed by atoms with van der Waals surface area (Å²) in [6.07, 6.45) is 0.736. The Morgan fingerprint density at radius 3 is 1.59 bits per heavy atom. The molecule has 0 spiro atoms. The lowest BCUT2D eigenvalue weighted by atomic mass is 10.1. The molecule has 0 atom stereocenters. The van der Waals surface area contributed by atoms with Crippen LogP contribution in [0.1, 0.15) is 27.1 Å². The smallest absolute Gasteiger partial charge is 0.249 e. The molecule has 1 aliphatic heterocycles. The van der Waals surface area contributed by atoms with Gasteiger partial charge in [0, 0.05) is 13.0 Å². The van der Waals surface area contributed by atoms with Crippen LogP contribution in [0.4, 0.5) is 0 Å². The summed E-state index contributed by atoms with van der Waals surface area (Å²) in [6.45, 7) is 0.888. The summed E-state index contributed by atoms with van der Waals surface area (Å²) in [5.41, 5.74) is 10.3. The Bertz CT molecular complexity index is 418. The molecule has 0 saturated carbocycles. The minimum absolute atomic E-state index is 0.157. The Labute approximate surface area is 98.0 Å². The summed E-state index contributed by atoms with van der Waals surface area (Å²) in [5.74, 6) is -1.11. The average Bonchev–Trinajstić information content (AvgIpc) is 2.27. The second-order valence-electron chi connectivity index (χ2n) is 3.37. The third-order valence-corrected chi connectivity index (χ3v) is 2.13. The Morgan fingerprint density at radius 1 is 1.06 bits per heavy atom. The van der Waals surface area contributed by atoms with Crippen molar-refractivity contribution in [2.24, 2.45) is 11.5 Å². The van der Waals surface area contributed by atoms with Crippen LogP contribution in [0.5, 0.6) is 0 Å². The van der Waals surface area contributed by atoms with Crippen LogP contribution in [0.3, 0.4) is 0 Å². The molecule has 0 aliphatic carbocycles. The van der Waals surface area contributed by atoms with E-state index in [1.165, 1.54) is 12.1 Å². The van der Waals surface area contributed by atoms with Gasteiger partial charge in [-0.2, -0.15) is 0 Å². The van der Waals surface area contributed by atoms with Crippen LogP contribution in [0.2, 0.25) is 0 Å². The third-order valence-electron chi connectivity index (χ3n) is 2.13. The van der Waals surface area contributed by atoms with Gasteiger partial charge >= 0.3 is 0 Å². The molecule has 17 heavy (non-hydrogen) atoms. The first-order valence-corrected chi connectivity index (χ1v) is 4.97. The molecular formula is C11H13N3O3. The van der Waals surface area contributed by atoms with Gasteiger partial charge < -0.3 is 16.8 Å². The highest BCUT2D eigenvalue weighted by Crippen LogP contribution is 2.06. The van der Waals surface area contributed by atoms with E-state index in [1.54, 1.807) is 12.1 Å². The number of carbonyl (C=O) groups is 3. The van der Waals surface area contributed by atoms with E-state index in [9.17, 15) is 14.4 Å². The van der Waals surface area contributed by atoms with Gasteiger partial charge in [-0.3, -0.25) is 14.4 Å². The third kappa shape index (κ3) is 3.60. The van der Waals surface area contributed by atoms with E-state index in [1.807, 2.05) is 0 Å². The van der Waals surface area contributed by atoms with Gasteiger partial charge in [-0.1, -0.05) is 12.1 Å². The number of benzene rings is 1. The van der Waals surface area contributed by atoms with Crippen LogP contribution in [0, 0.1) is 0 Å². The lowest BCUT2D eigenvalue weighted by Crippen LogP contribution is -2.37. The Kier molecular flexibility index (Phi) is 4.21. The molecule has 0 bridgehead atoms. The lowest BCUT2D eigenvalue weighted by Gasteiger charge is -2.10. The average molecular weight is 235 g/mol. The van der Waals surface area contributed by atoms with Crippen molar-refractivity contribution in [2.75, 3.05) is 6.54 Å². The Balaban J connectivity index is 0.000000239. The topological polar surface area (TPSA) is 115 Å².